The van der Waals surface area contributed by atoms with Crippen molar-refractivity contribution in [1.29, 1.82) is 0 Å². The van der Waals surface area contributed by atoms with Crippen LogP contribution in [-0.4, -0.2) is 17.6 Å². The van der Waals surface area contributed by atoms with Gasteiger partial charge in [-0.2, -0.15) is 26.3 Å². The number of carbonyl (C=O) groups is 1. The van der Waals surface area contributed by atoms with Gasteiger partial charge in [-0.3, -0.25) is 4.79 Å². The standard InChI is InChI=1S/C15H13ClF3N.C9H7F3O2/c16-13-5-7-14(8-6-13)20-10-9-11-1-3-12(4-2-11)15(17,18)19;10-9(11,12)7-3-1-6(2-4-7)5-8(13)14/h1-8,20H,9-10H2;1-4H,5H2,(H,13,14). The molecule has 3 aromatic rings. The monoisotopic (exact) mass is 503 g/mol. The molecule has 3 nitrogen and oxygen atoms in total. The van der Waals surface area contributed by atoms with Gasteiger partial charge in [0.05, 0.1) is 17.5 Å². The van der Waals surface area contributed by atoms with Crippen LogP contribution in [0.1, 0.15) is 22.3 Å². The van der Waals surface area contributed by atoms with E-state index in [0.29, 0.717) is 23.6 Å². The van der Waals surface area contributed by atoms with E-state index in [1.807, 2.05) is 12.1 Å². The molecule has 0 fully saturated rings. The fourth-order valence-electron chi connectivity index (χ4n) is 2.77. The van der Waals surface area contributed by atoms with Crippen LogP contribution in [0.4, 0.5) is 32.0 Å². The first-order valence-electron chi connectivity index (χ1n) is 9.88. The Bertz CT molecular complexity index is 1050. The highest BCUT2D eigenvalue weighted by molar-refractivity contribution is 6.30. The topological polar surface area (TPSA) is 49.3 Å². The fraction of sp³-hybridized carbons (Fsp3) is 0.208. The summed E-state index contributed by atoms with van der Waals surface area (Å²) in [6, 6.07) is 16.6. The predicted octanol–water partition coefficient (Wildman–Crippen LogP) is 7.35. The number of carboxylic acid groups (broad SMARTS) is 1. The zero-order chi connectivity index (χ0) is 25.4. The molecule has 0 amide bonds. The minimum absolute atomic E-state index is 0.266. The summed E-state index contributed by atoms with van der Waals surface area (Å²) < 4.78 is 73.4. The number of nitrogens with one attached hydrogen (secondary N) is 1. The number of hydrogen-bond acceptors (Lipinski definition) is 2. The minimum atomic E-state index is -4.37. The summed E-state index contributed by atoms with van der Waals surface area (Å²) in [5.74, 6) is -1.07. The van der Waals surface area contributed by atoms with Gasteiger partial charge in [0.15, 0.2) is 0 Å². The highest BCUT2D eigenvalue weighted by atomic mass is 35.5. The lowest BCUT2D eigenvalue weighted by molar-refractivity contribution is -0.138. The molecule has 0 aromatic heterocycles. The van der Waals surface area contributed by atoms with Crippen LogP contribution in [0.5, 0.6) is 0 Å². The summed E-state index contributed by atoms with van der Waals surface area (Å²) in [4.78, 5) is 10.2. The van der Waals surface area contributed by atoms with Gasteiger partial charge in [-0.05, 0) is 66.1 Å². The van der Waals surface area contributed by atoms with E-state index >= 15 is 0 Å². The number of anilines is 1. The van der Waals surface area contributed by atoms with E-state index in [-0.39, 0.29) is 6.42 Å². The van der Waals surface area contributed by atoms with Gasteiger partial charge in [-0.15, -0.1) is 0 Å². The zero-order valence-corrected chi connectivity index (χ0v) is 18.3. The molecule has 0 saturated carbocycles. The third kappa shape index (κ3) is 9.35. The van der Waals surface area contributed by atoms with Crippen LogP contribution >= 0.6 is 11.6 Å². The van der Waals surface area contributed by atoms with Gasteiger partial charge in [0, 0.05) is 17.3 Å². The summed E-state index contributed by atoms with van der Waals surface area (Å²) in [5.41, 5.74) is 0.754. The molecule has 10 heteroatoms. The second-order valence-corrected chi connectivity index (χ2v) is 7.58. The Morgan fingerprint density at radius 2 is 1.18 bits per heavy atom. The summed E-state index contributed by atoms with van der Waals surface area (Å²) in [6.45, 7) is 0.646. The summed E-state index contributed by atoms with van der Waals surface area (Å²) >= 11 is 5.77. The van der Waals surface area contributed by atoms with Gasteiger partial charge in [0.2, 0.25) is 0 Å². The third-order valence-corrected chi connectivity index (χ3v) is 4.76. The average Bonchev–Trinajstić information content (AvgIpc) is 2.75. The molecular formula is C24H20ClF6NO2. The van der Waals surface area contributed by atoms with Gasteiger partial charge in [0.25, 0.3) is 0 Å². The SMILES string of the molecule is FC(F)(F)c1ccc(CCNc2ccc(Cl)cc2)cc1.O=C(O)Cc1ccc(C(F)(F)F)cc1. The number of rotatable bonds is 6. The van der Waals surface area contributed by atoms with E-state index in [1.54, 1.807) is 12.1 Å². The van der Waals surface area contributed by atoms with Crippen LogP contribution in [-0.2, 0) is 30.0 Å². The molecule has 182 valence electrons. The quantitative estimate of drug-likeness (QED) is 0.346. The summed E-state index contributed by atoms with van der Waals surface area (Å²) in [7, 11) is 0. The molecule has 0 bridgehead atoms. The van der Waals surface area contributed by atoms with Crippen molar-refractivity contribution in [3.05, 3.63) is 100 Å². The largest absolute Gasteiger partial charge is 0.481 e. The second-order valence-electron chi connectivity index (χ2n) is 7.14. The molecule has 0 saturated heterocycles. The Labute approximate surface area is 197 Å². The van der Waals surface area contributed by atoms with Gasteiger partial charge in [-0.25, -0.2) is 0 Å². The summed E-state index contributed by atoms with van der Waals surface area (Å²) in [5, 5.41) is 12.2. The van der Waals surface area contributed by atoms with E-state index in [9.17, 15) is 31.1 Å². The fourth-order valence-corrected chi connectivity index (χ4v) is 2.89. The predicted molar refractivity (Wildman–Crippen MR) is 118 cm³/mol. The Morgan fingerprint density at radius 3 is 1.59 bits per heavy atom. The van der Waals surface area contributed by atoms with Gasteiger partial charge in [-0.1, -0.05) is 35.9 Å². The Hall–Kier alpha value is -3.20. The molecule has 2 N–H and O–H groups in total. The van der Waals surface area contributed by atoms with Crippen molar-refractivity contribution < 1.29 is 36.2 Å². The van der Waals surface area contributed by atoms with Gasteiger partial charge in [0.1, 0.15) is 0 Å². The normalized spacial score (nSPS) is 11.4. The Balaban J connectivity index is 0.000000257. The zero-order valence-electron chi connectivity index (χ0n) is 17.6. The van der Waals surface area contributed by atoms with Gasteiger partial charge < -0.3 is 10.4 Å². The lowest BCUT2D eigenvalue weighted by atomic mass is 10.1. The van der Waals surface area contributed by atoms with Crippen LogP contribution in [0.3, 0.4) is 0 Å². The van der Waals surface area contributed by atoms with E-state index in [4.69, 9.17) is 16.7 Å². The minimum Gasteiger partial charge on any atom is -0.481 e. The lowest BCUT2D eigenvalue weighted by Gasteiger charge is -2.09. The molecule has 0 aliphatic rings. The van der Waals surface area contributed by atoms with Crippen molar-refractivity contribution in [2.45, 2.75) is 25.2 Å². The Morgan fingerprint density at radius 1 is 0.735 bits per heavy atom. The maximum atomic E-state index is 12.4. The first-order chi connectivity index (χ1) is 15.8. The van der Waals surface area contributed by atoms with Crippen LogP contribution in [0.25, 0.3) is 0 Å². The number of alkyl halides is 6. The number of carboxylic acids is 1. The molecule has 3 rings (SSSR count). The van der Waals surface area contributed by atoms with Crippen molar-refractivity contribution in [2.75, 3.05) is 11.9 Å². The van der Waals surface area contributed by atoms with E-state index in [2.05, 4.69) is 5.32 Å². The van der Waals surface area contributed by atoms with E-state index in [0.717, 1.165) is 47.6 Å². The number of halogens is 7. The second kappa shape index (κ2) is 11.8. The van der Waals surface area contributed by atoms with Crippen LogP contribution in [0, 0.1) is 0 Å². The van der Waals surface area contributed by atoms with E-state index in [1.165, 1.54) is 12.1 Å². The molecule has 0 atom stereocenters. The van der Waals surface area contributed by atoms with Crippen molar-refractivity contribution in [2.24, 2.45) is 0 Å². The Kier molecular flexibility index (Phi) is 9.37. The van der Waals surface area contributed by atoms with Crippen LogP contribution < -0.4 is 5.32 Å². The average molecular weight is 504 g/mol. The number of benzene rings is 3. The molecule has 0 spiro atoms. The highest BCUT2D eigenvalue weighted by Gasteiger charge is 2.30. The first kappa shape index (κ1) is 27.0. The first-order valence-corrected chi connectivity index (χ1v) is 10.3. The van der Waals surface area contributed by atoms with Crippen LogP contribution in [0.15, 0.2) is 72.8 Å². The van der Waals surface area contributed by atoms with Crippen molar-refractivity contribution in [1.82, 2.24) is 0 Å². The van der Waals surface area contributed by atoms with Crippen molar-refractivity contribution in [3.8, 4) is 0 Å². The molecule has 0 unspecified atom stereocenters. The lowest BCUT2D eigenvalue weighted by Crippen LogP contribution is -2.07. The highest BCUT2D eigenvalue weighted by Crippen LogP contribution is 2.30. The smallest absolute Gasteiger partial charge is 0.416 e. The molecule has 34 heavy (non-hydrogen) atoms. The number of aliphatic carboxylic acids is 1. The summed E-state index contributed by atoms with van der Waals surface area (Å²) in [6.07, 6.45) is -8.26. The molecular weight excluding hydrogens is 484 g/mol. The number of hydrogen-bond donors (Lipinski definition) is 2. The maximum Gasteiger partial charge on any atom is 0.416 e. The van der Waals surface area contributed by atoms with Crippen molar-refractivity contribution in [3.63, 3.8) is 0 Å². The molecule has 0 aliphatic heterocycles. The van der Waals surface area contributed by atoms with Gasteiger partial charge >= 0.3 is 18.3 Å². The molecule has 0 heterocycles. The molecule has 3 aromatic carbocycles. The molecule has 0 aliphatic carbocycles. The third-order valence-electron chi connectivity index (χ3n) is 4.50. The van der Waals surface area contributed by atoms with Crippen LogP contribution in [0.2, 0.25) is 5.02 Å². The molecule has 0 radical (unpaired) electrons. The maximum absolute atomic E-state index is 12.4. The van der Waals surface area contributed by atoms with Crippen molar-refractivity contribution >= 4 is 23.3 Å². The van der Waals surface area contributed by atoms with E-state index < -0.39 is 29.4 Å².